The van der Waals surface area contributed by atoms with Gasteiger partial charge in [0.15, 0.2) is 5.78 Å². The Labute approximate surface area is 158 Å². The van der Waals surface area contributed by atoms with Gasteiger partial charge in [-0.2, -0.15) is 0 Å². The van der Waals surface area contributed by atoms with E-state index in [-0.39, 0.29) is 11.6 Å². The number of halogens is 1. The van der Waals surface area contributed by atoms with Gasteiger partial charge in [0.05, 0.1) is 10.7 Å². The van der Waals surface area contributed by atoms with Gasteiger partial charge in [0.1, 0.15) is 11.7 Å². The van der Waals surface area contributed by atoms with Crippen LogP contribution in [0.5, 0.6) is 0 Å². The van der Waals surface area contributed by atoms with Crippen molar-refractivity contribution in [2.24, 2.45) is 16.1 Å². The fourth-order valence-corrected chi connectivity index (χ4v) is 4.16. The van der Waals surface area contributed by atoms with Crippen molar-refractivity contribution < 1.29 is 14.3 Å². The van der Waals surface area contributed by atoms with Gasteiger partial charge in [-0.3, -0.25) is 14.6 Å². The minimum absolute atomic E-state index is 0.0217. The molecule has 1 spiro atoms. The Morgan fingerprint density at radius 2 is 1.88 bits per heavy atom. The lowest BCUT2D eigenvalue weighted by Gasteiger charge is -2.31. The molecule has 0 aromatic heterocycles. The molecule has 1 aromatic rings. The fourth-order valence-electron chi connectivity index (χ4n) is 4.11. The van der Waals surface area contributed by atoms with E-state index in [0.29, 0.717) is 43.2 Å². The van der Waals surface area contributed by atoms with Crippen LogP contribution in [0.25, 0.3) is 0 Å². The van der Waals surface area contributed by atoms with Crippen molar-refractivity contribution in [2.75, 3.05) is 13.2 Å². The first-order chi connectivity index (χ1) is 12.4. The van der Waals surface area contributed by atoms with Gasteiger partial charge >= 0.3 is 0 Å². The summed E-state index contributed by atoms with van der Waals surface area (Å²) in [6, 6.07) is 3.74. The third-order valence-corrected chi connectivity index (χ3v) is 5.66. The van der Waals surface area contributed by atoms with Crippen LogP contribution in [0.4, 0.5) is 5.69 Å². The first-order valence-corrected chi connectivity index (χ1v) is 9.13. The Hall–Kier alpha value is -1.98. The number of rotatable bonds is 3. The molecular formula is C20H23ClN2O3. The molecule has 1 saturated carbocycles. The van der Waals surface area contributed by atoms with Gasteiger partial charge in [0.2, 0.25) is 0 Å². The molecule has 1 atom stereocenters. The van der Waals surface area contributed by atoms with Gasteiger partial charge < -0.3 is 10.5 Å². The van der Waals surface area contributed by atoms with Crippen molar-refractivity contribution in [2.45, 2.75) is 39.0 Å². The number of hydrogen-bond donors (Lipinski definition) is 1. The highest BCUT2D eigenvalue weighted by Gasteiger charge is 2.53. The number of allylic oxidation sites excluding steroid dienone is 1. The Morgan fingerprint density at radius 3 is 2.46 bits per heavy atom. The van der Waals surface area contributed by atoms with E-state index in [0.717, 1.165) is 16.7 Å². The molecule has 1 aliphatic carbocycles. The predicted octanol–water partition coefficient (Wildman–Crippen LogP) is 3.47. The number of Topliss-reactive ketones (excluding diaryl/α,β-unsaturated/α-hetero) is 2. The summed E-state index contributed by atoms with van der Waals surface area (Å²) >= 11 is 5.84. The van der Waals surface area contributed by atoms with Crippen LogP contribution in [-0.4, -0.2) is 31.0 Å². The molecule has 1 saturated heterocycles. The summed E-state index contributed by atoms with van der Waals surface area (Å²) in [5.41, 5.74) is 8.11. The fraction of sp³-hybridized carbons (Fsp3) is 0.450. The SMILES string of the molecule is Cc1cc(N=C/C(Cl)=C\N)cc(C)c1C1C(=O)CC2(CCOCC2)C1=O. The van der Waals surface area contributed by atoms with Crippen LogP contribution in [0.2, 0.25) is 0 Å². The molecule has 5 nitrogen and oxygen atoms in total. The quantitative estimate of drug-likeness (QED) is 0.648. The van der Waals surface area contributed by atoms with Gasteiger partial charge in [-0.25, -0.2) is 0 Å². The Morgan fingerprint density at radius 1 is 1.27 bits per heavy atom. The molecule has 0 amide bonds. The number of aliphatic imine (C=N–C) groups is 1. The van der Waals surface area contributed by atoms with E-state index in [1.54, 1.807) is 0 Å². The zero-order valence-corrected chi connectivity index (χ0v) is 15.8. The third-order valence-electron chi connectivity index (χ3n) is 5.43. The Bertz CT molecular complexity index is 784. The average Bonchev–Trinajstić information content (AvgIpc) is 2.84. The molecule has 6 heteroatoms. The van der Waals surface area contributed by atoms with Gasteiger partial charge in [0, 0.05) is 37.5 Å². The van der Waals surface area contributed by atoms with E-state index >= 15 is 0 Å². The van der Waals surface area contributed by atoms with Crippen LogP contribution in [0.15, 0.2) is 28.4 Å². The van der Waals surface area contributed by atoms with Crippen LogP contribution in [0.1, 0.15) is 41.9 Å². The molecule has 138 valence electrons. The van der Waals surface area contributed by atoms with Crippen molar-refractivity contribution in [1.82, 2.24) is 0 Å². The topological polar surface area (TPSA) is 81.8 Å². The maximum Gasteiger partial charge on any atom is 0.154 e. The van der Waals surface area contributed by atoms with E-state index in [1.807, 2.05) is 26.0 Å². The summed E-state index contributed by atoms with van der Waals surface area (Å²) in [6.45, 7) is 4.92. The predicted molar refractivity (Wildman–Crippen MR) is 102 cm³/mol. The van der Waals surface area contributed by atoms with Gasteiger partial charge in [-0.1, -0.05) is 11.6 Å². The highest BCUT2D eigenvalue weighted by molar-refractivity contribution is 6.39. The summed E-state index contributed by atoms with van der Waals surface area (Å²) < 4.78 is 5.40. The van der Waals surface area contributed by atoms with Gasteiger partial charge in [-0.15, -0.1) is 0 Å². The Kier molecular flexibility index (Phi) is 5.30. The number of ketones is 2. The summed E-state index contributed by atoms with van der Waals surface area (Å²) in [5, 5.41) is 0.340. The maximum absolute atomic E-state index is 13.2. The number of hydrogen-bond acceptors (Lipinski definition) is 5. The van der Waals surface area contributed by atoms with E-state index in [4.69, 9.17) is 22.1 Å². The molecule has 1 heterocycles. The second-order valence-corrected chi connectivity index (χ2v) is 7.57. The van der Waals surface area contributed by atoms with E-state index in [9.17, 15) is 9.59 Å². The summed E-state index contributed by atoms with van der Waals surface area (Å²) in [6.07, 6.45) is 4.34. The summed E-state index contributed by atoms with van der Waals surface area (Å²) in [4.78, 5) is 30.3. The zero-order chi connectivity index (χ0) is 18.9. The highest BCUT2D eigenvalue weighted by atomic mass is 35.5. The molecule has 2 fully saturated rings. The first kappa shape index (κ1) is 18.8. The van der Waals surface area contributed by atoms with Crippen LogP contribution in [-0.2, 0) is 14.3 Å². The van der Waals surface area contributed by atoms with E-state index in [2.05, 4.69) is 4.99 Å². The van der Waals surface area contributed by atoms with Crippen LogP contribution in [0.3, 0.4) is 0 Å². The monoisotopic (exact) mass is 374 g/mol. The molecule has 0 radical (unpaired) electrons. The van der Waals surface area contributed by atoms with E-state index in [1.165, 1.54) is 12.4 Å². The number of ether oxygens (including phenoxy) is 1. The zero-order valence-electron chi connectivity index (χ0n) is 15.0. The molecule has 1 aliphatic heterocycles. The lowest BCUT2D eigenvalue weighted by Crippen LogP contribution is -2.34. The minimum atomic E-state index is -0.668. The molecule has 2 aliphatic rings. The van der Waals surface area contributed by atoms with Gasteiger partial charge in [-0.05, 0) is 55.5 Å². The molecule has 2 N–H and O–H groups in total. The third kappa shape index (κ3) is 3.33. The maximum atomic E-state index is 13.2. The van der Waals surface area contributed by atoms with Crippen molar-refractivity contribution in [1.29, 1.82) is 0 Å². The van der Waals surface area contributed by atoms with Crippen molar-refractivity contribution in [3.8, 4) is 0 Å². The molecular weight excluding hydrogens is 352 g/mol. The highest BCUT2D eigenvalue weighted by Crippen LogP contribution is 2.48. The van der Waals surface area contributed by atoms with Crippen LogP contribution in [0, 0.1) is 19.3 Å². The van der Waals surface area contributed by atoms with Crippen molar-refractivity contribution in [3.05, 3.63) is 40.1 Å². The first-order valence-electron chi connectivity index (χ1n) is 8.75. The lowest BCUT2D eigenvalue weighted by molar-refractivity contribution is -0.131. The number of nitrogens with two attached hydrogens (primary N) is 1. The molecule has 3 rings (SSSR count). The number of aryl methyl sites for hydroxylation is 2. The smallest absolute Gasteiger partial charge is 0.154 e. The minimum Gasteiger partial charge on any atom is -0.403 e. The summed E-state index contributed by atoms with van der Waals surface area (Å²) in [5.74, 6) is -0.588. The normalized spacial score (nSPS) is 23.3. The standard InChI is InChI=1S/C20H23ClN2O3/c1-12-7-15(23-11-14(21)10-22)8-13(2)17(12)18-16(24)9-20(19(18)25)3-5-26-6-4-20/h7-8,10-11,18H,3-6,9,22H2,1-2H3/b14-10+,23-11?. The molecule has 1 aromatic carbocycles. The van der Waals surface area contributed by atoms with E-state index < -0.39 is 11.3 Å². The van der Waals surface area contributed by atoms with Gasteiger partial charge in [0.25, 0.3) is 0 Å². The second-order valence-electron chi connectivity index (χ2n) is 7.14. The molecule has 0 bridgehead atoms. The number of benzene rings is 1. The average molecular weight is 375 g/mol. The molecule has 26 heavy (non-hydrogen) atoms. The Balaban J connectivity index is 1.95. The lowest BCUT2D eigenvalue weighted by atomic mass is 9.76. The summed E-state index contributed by atoms with van der Waals surface area (Å²) in [7, 11) is 0. The second kappa shape index (κ2) is 7.33. The number of carbonyl (C=O) groups excluding carboxylic acids is 2. The van der Waals surface area contributed by atoms with Crippen LogP contribution >= 0.6 is 11.6 Å². The number of nitrogens with zero attached hydrogens (tertiary/aromatic N) is 1. The van der Waals surface area contributed by atoms with Crippen molar-refractivity contribution >= 4 is 35.1 Å². The van der Waals surface area contributed by atoms with Crippen LogP contribution < -0.4 is 5.73 Å². The van der Waals surface area contributed by atoms with Crippen molar-refractivity contribution in [3.63, 3.8) is 0 Å². The number of carbonyl (C=O) groups is 2. The molecule has 1 unspecified atom stereocenters. The largest absolute Gasteiger partial charge is 0.403 e.